The Bertz CT molecular complexity index is 831. The fourth-order valence-electron chi connectivity index (χ4n) is 3.88. The molecule has 3 rings (SSSR count). The molecule has 0 spiro atoms. The molecule has 2 heterocycles. The lowest BCUT2D eigenvalue weighted by Gasteiger charge is -2.28. The lowest BCUT2D eigenvalue weighted by molar-refractivity contribution is -0.919. The van der Waals surface area contributed by atoms with E-state index in [2.05, 4.69) is 13.0 Å². The number of carbonyl (C=O) groups is 1. The number of likely N-dealkylation sites (tertiary alicyclic amines) is 1. The number of hydrogen-bond donors (Lipinski definition) is 1. The van der Waals surface area contributed by atoms with Crippen molar-refractivity contribution in [1.29, 1.82) is 0 Å². The van der Waals surface area contributed by atoms with Crippen LogP contribution in [0, 0.1) is 19.8 Å². The Balaban J connectivity index is 1.78. The molecule has 1 fully saturated rings. The smallest absolute Gasteiger partial charge is 0.336 e. The zero-order valence-electron chi connectivity index (χ0n) is 15.2. The summed E-state index contributed by atoms with van der Waals surface area (Å²) in [5.41, 5.74) is 3.63. The molecule has 1 aromatic carbocycles. The number of esters is 1. The van der Waals surface area contributed by atoms with E-state index < -0.39 is 0 Å². The predicted molar refractivity (Wildman–Crippen MR) is 95.7 cm³/mol. The quantitative estimate of drug-likeness (QED) is 0.678. The SMILES string of the molecule is CCOC(=O)C1CC[NH+](Cc2cc(=O)oc3cc(C)cc(C)c23)CC1. The number of quaternary nitrogens is 1. The van der Waals surface area contributed by atoms with Gasteiger partial charge in [-0.15, -0.1) is 0 Å². The molecule has 2 aromatic rings. The van der Waals surface area contributed by atoms with Gasteiger partial charge in [0.1, 0.15) is 12.1 Å². The van der Waals surface area contributed by atoms with Crippen LogP contribution in [0.1, 0.15) is 36.5 Å². The summed E-state index contributed by atoms with van der Waals surface area (Å²) in [6.45, 7) is 8.95. The van der Waals surface area contributed by atoms with Crippen molar-refractivity contribution in [2.24, 2.45) is 5.92 Å². The molecule has 1 N–H and O–H groups in total. The summed E-state index contributed by atoms with van der Waals surface area (Å²) in [6.07, 6.45) is 1.68. The first-order valence-corrected chi connectivity index (χ1v) is 9.02. The van der Waals surface area contributed by atoms with E-state index in [4.69, 9.17) is 9.15 Å². The minimum Gasteiger partial charge on any atom is -0.466 e. The van der Waals surface area contributed by atoms with Crippen LogP contribution >= 0.6 is 0 Å². The third-order valence-corrected chi connectivity index (χ3v) is 5.02. The van der Waals surface area contributed by atoms with E-state index in [0.717, 1.165) is 54.6 Å². The number of piperidine rings is 1. The molecule has 1 aliphatic heterocycles. The molecule has 0 saturated carbocycles. The van der Waals surface area contributed by atoms with E-state index in [1.807, 2.05) is 19.9 Å². The second-order valence-corrected chi connectivity index (χ2v) is 7.00. The highest BCUT2D eigenvalue weighted by molar-refractivity contribution is 5.84. The highest BCUT2D eigenvalue weighted by atomic mass is 16.5. The summed E-state index contributed by atoms with van der Waals surface area (Å²) < 4.78 is 10.5. The average molecular weight is 344 g/mol. The van der Waals surface area contributed by atoms with Gasteiger partial charge in [-0.05, 0) is 38.0 Å². The van der Waals surface area contributed by atoms with Gasteiger partial charge < -0.3 is 14.1 Å². The number of benzene rings is 1. The maximum Gasteiger partial charge on any atom is 0.336 e. The first kappa shape index (κ1) is 17.7. The highest BCUT2D eigenvalue weighted by Crippen LogP contribution is 2.23. The second-order valence-electron chi connectivity index (χ2n) is 7.00. The van der Waals surface area contributed by atoms with E-state index in [9.17, 15) is 9.59 Å². The molecule has 0 aliphatic carbocycles. The number of fused-ring (bicyclic) bond motifs is 1. The van der Waals surface area contributed by atoms with Crippen molar-refractivity contribution in [1.82, 2.24) is 0 Å². The minimum atomic E-state index is -0.298. The number of hydrogen-bond acceptors (Lipinski definition) is 4. The number of nitrogens with one attached hydrogen (secondary N) is 1. The predicted octanol–water partition coefficient (Wildman–Crippen LogP) is 1.77. The Morgan fingerprint density at radius 1 is 1.24 bits per heavy atom. The van der Waals surface area contributed by atoms with Gasteiger partial charge in [0.25, 0.3) is 0 Å². The standard InChI is InChI=1S/C20H25NO4/c1-4-24-20(23)15-5-7-21(8-6-15)12-16-11-18(22)25-17-10-13(2)9-14(3)19(16)17/h9-11,15H,4-8,12H2,1-3H3/p+1. The zero-order chi connectivity index (χ0) is 18.0. The summed E-state index contributed by atoms with van der Waals surface area (Å²) in [5, 5.41) is 1.05. The fraction of sp³-hybridized carbons (Fsp3) is 0.500. The Labute approximate surface area is 147 Å². The molecular formula is C20H26NO4+. The van der Waals surface area contributed by atoms with Crippen LogP contribution in [0.15, 0.2) is 27.4 Å². The van der Waals surface area contributed by atoms with Gasteiger partial charge in [0.05, 0.1) is 25.6 Å². The van der Waals surface area contributed by atoms with Gasteiger partial charge in [-0.3, -0.25) is 4.79 Å². The van der Waals surface area contributed by atoms with Crippen molar-refractivity contribution >= 4 is 16.9 Å². The largest absolute Gasteiger partial charge is 0.466 e. The van der Waals surface area contributed by atoms with Crippen LogP contribution in [0.2, 0.25) is 0 Å². The molecule has 0 atom stereocenters. The van der Waals surface area contributed by atoms with Gasteiger partial charge in [0.2, 0.25) is 0 Å². The Morgan fingerprint density at radius 2 is 1.96 bits per heavy atom. The number of aryl methyl sites for hydroxylation is 2. The number of ether oxygens (including phenoxy) is 1. The van der Waals surface area contributed by atoms with Crippen molar-refractivity contribution in [2.45, 2.75) is 40.2 Å². The summed E-state index contributed by atoms with van der Waals surface area (Å²) in [5.74, 6) is -0.0515. The fourth-order valence-corrected chi connectivity index (χ4v) is 3.88. The van der Waals surface area contributed by atoms with E-state index in [-0.39, 0.29) is 17.5 Å². The Kier molecular flexibility index (Phi) is 5.23. The molecule has 5 heteroatoms. The van der Waals surface area contributed by atoms with E-state index in [0.29, 0.717) is 12.2 Å². The molecule has 5 nitrogen and oxygen atoms in total. The molecule has 0 amide bonds. The number of carbonyl (C=O) groups excluding carboxylic acids is 1. The highest BCUT2D eigenvalue weighted by Gasteiger charge is 2.28. The molecule has 1 aromatic heterocycles. The first-order valence-electron chi connectivity index (χ1n) is 9.02. The van der Waals surface area contributed by atoms with Crippen molar-refractivity contribution < 1.29 is 18.8 Å². The van der Waals surface area contributed by atoms with Crippen LogP contribution in [-0.4, -0.2) is 25.7 Å². The van der Waals surface area contributed by atoms with E-state index >= 15 is 0 Å². The molecule has 0 unspecified atom stereocenters. The summed E-state index contributed by atoms with van der Waals surface area (Å²) in [4.78, 5) is 25.2. The second kappa shape index (κ2) is 7.40. The van der Waals surface area contributed by atoms with Crippen molar-refractivity contribution in [3.05, 3.63) is 45.3 Å². The van der Waals surface area contributed by atoms with Gasteiger partial charge >= 0.3 is 11.6 Å². The maximum absolute atomic E-state index is 11.9. The lowest BCUT2D eigenvalue weighted by Crippen LogP contribution is -3.11. The molecule has 0 bridgehead atoms. The van der Waals surface area contributed by atoms with Crippen molar-refractivity contribution in [3.63, 3.8) is 0 Å². The third-order valence-electron chi connectivity index (χ3n) is 5.02. The molecular weight excluding hydrogens is 318 g/mol. The Morgan fingerprint density at radius 3 is 2.64 bits per heavy atom. The van der Waals surface area contributed by atoms with Crippen LogP contribution in [0.4, 0.5) is 0 Å². The van der Waals surface area contributed by atoms with Gasteiger partial charge in [0, 0.05) is 29.9 Å². The van der Waals surface area contributed by atoms with E-state index in [1.165, 1.54) is 4.90 Å². The lowest BCUT2D eigenvalue weighted by atomic mass is 9.96. The molecule has 25 heavy (non-hydrogen) atoms. The van der Waals surface area contributed by atoms with Crippen molar-refractivity contribution in [2.75, 3.05) is 19.7 Å². The van der Waals surface area contributed by atoms with Crippen LogP contribution in [0.5, 0.6) is 0 Å². The third kappa shape index (κ3) is 3.93. The summed E-state index contributed by atoms with van der Waals surface area (Å²) in [6, 6.07) is 5.67. The normalized spacial score (nSPS) is 20.6. The number of rotatable bonds is 4. The van der Waals surface area contributed by atoms with E-state index in [1.54, 1.807) is 6.07 Å². The van der Waals surface area contributed by atoms with Crippen molar-refractivity contribution in [3.8, 4) is 0 Å². The average Bonchev–Trinajstić information content (AvgIpc) is 2.54. The molecule has 1 aliphatic rings. The van der Waals surface area contributed by atoms with Crippen LogP contribution < -0.4 is 10.5 Å². The maximum atomic E-state index is 11.9. The topological polar surface area (TPSA) is 61.0 Å². The zero-order valence-corrected chi connectivity index (χ0v) is 15.2. The van der Waals surface area contributed by atoms with Gasteiger partial charge in [-0.1, -0.05) is 6.07 Å². The summed E-state index contributed by atoms with van der Waals surface area (Å²) in [7, 11) is 0. The summed E-state index contributed by atoms with van der Waals surface area (Å²) >= 11 is 0. The van der Waals surface area contributed by atoms with Gasteiger partial charge in [-0.2, -0.15) is 0 Å². The van der Waals surface area contributed by atoms with Crippen LogP contribution in [-0.2, 0) is 16.1 Å². The molecule has 1 saturated heterocycles. The first-order chi connectivity index (χ1) is 12.0. The molecule has 134 valence electrons. The van der Waals surface area contributed by atoms with Crippen LogP contribution in [0.3, 0.4) is 0 Å². The van der Waals surface area contributed by atoms with Gasteiger partial charge in [-0.25, -0.2) is 4.79 Å². The van der Waals surface area contributed by atoms with Crippen LogP contribution in [0.25, 0.3) is 11.0 Å². The minimum absolute atomic E-state index is 0.0191. The molecule has 0 radical (unpaired) electrons. The Hall–Kier alpha value is -2.14. The monoisotopic (exact) mass is 344 g/mol. The van der Waals surface area contributed by atoms with Gasteiger partial charge in [0.15, 0.2) is 0 Å².